The van der Waals surface area contributed by atoms with Crippen molar-refractivity contribution in [3.8, 4) is 5.75 Å². The molecule has 3 aromatic rings. The van der Waals surface area contributed by atoms with Crippen LogP contribution in [-0.2, 0) is 16.0 Å². The number of carbonyl (C=O) groups is 3. The minimum Gasteiger partial charge on any atom is -0.496 e. The summed E-state index contributed by atoms with van der Waals surface area (Å²) in [5, 5.41) is 3.09. The van der Waals surface area contributed by atoms with E-state index in [0.717, 1.165) is 27.2 Å². The number of barbiturate groups is 1. The SMILES string of the molecule is COc1cc(/C=C2\C(=O)NC(=O)N(c3ccc(Cl)cc3)C2=O)cc(Cl)c1Cc1cc(C)cc(C)c1. The van der Waals surface area contributed by atoms with Gasteiger partial charge in [0.15, 0.2) is 0 Å². The van der Waals surface area contributed by atoms with Crippen LogP contribution in [0.5, 0.6) is 5.75 Å². The molecule has 0 aliphatic carbocycles. The summed E-state index contributed by atoms with van der Waals surface area (Å²) in [7, 11) is 1.53. The largest absolute Gasteiger partial charge is 0.496 e. The lowest BCUT2D eigenvalue weighted by Gasteiger charge is -2.26. The summed E-state index contributed by atoms with van der Waals surface area (Å²) < 4.78 is 5.58. The minimum absolute atomic E-state index is 0.209. The van der Waals surface area contributed by atoms with Crippen LogP contribution < -0.4 is 15.0 Å². The van der Waals surface area contributed by atoms with Crippen molar-refractivity contribution in [3.05, 3.63) is 98.0 Å². The zero-order valence-corrected chi connectivity index (χ0v) is 20.8. The van der Waals surface area contributed by atoms with Crippen LogP contribution >= 0.6 is 23.2 Å². The van der Waals surface area contributed by atoms with Gasteiger partial charge >= 0.3 is 6.03 Å². The van der Waals surface area contributed by atoms with Crippen LogP contribution in [0.25, 0.3) is 6.08 Å². The standard InChI is InChI=1S/C27H22Cl2N2O4/c1-15-8-16(2)10-17(9-15)11-21-23(29)13-18(14-24(21)35-3)12-22-25(32)30-27(34)31(26(22)33)20-6-4-19(28)5-7-20/h4-10,12-14H,11H2,1-3H3,(H,30,32,34)/b22-12+. The number of nitrogens with one attached hydrogen (secondary N) is 1. The third kappa shape index (κ3) is 5.24. The summed E-state index contributed by atoms with van der Waals surface area (Å²) in [4.78, 5) is 38.9. The number of rotatable bonds is 5. The predicted octanol–water partition coefficient (Wildman–Crippen LogP) is 5.88. The first kappa shape index (κ1) is 24.5. The summed E-state index contributed by atoms with van der Waals surface area (Å²) >= 11 is 12.5. The number of halogens is 2. The fourth-order valence-corrected chi connectivity index (χ4v) is 4.50. The molecule has 1 heterocycles. The minimum atomic E-state index is -0.834. The Labute approximate surface area is 213 Å². The highest BCUT2D eigenvalue weighted by Crippen LogP contribution is 2.33. The molecule has 0 atom stereocenters. The predicted molar refractivity (Wildman–Crippen MR) is 137 cm³/mol. The number of ether oxygens (including phenoxy) is 1. The molecule has 35 heavy (non-hydrogen) atoms. The number of benzene rings is 3. The fourth-order valence-electron chi connectivity index (χ4n) is 4.09. The fraction of sp³-hybridized carbons (Fsp3) is 0.148. The first-order valence-corrected chi connectivity index (χ1v) is 11.5. The van der Waals surface area contributed by atoms with E-state index in [4.69, 9.17) is 27.9 Å². The molecule has 0 unspecified atom stereocenters. The molecule has 1 aliphatic rings. The number of nitrogens with zero attached hydrogens (tertiary/aromatic N) is 1. The number of amides is 4. The topological polar surface area (TPSA) is 75.7 Å². The van der Waals surface area contributed by atoms with E-state index >= 15 is 0 Å². The number of hydrogen-bond acceptors (Lipinski definition) is 4. The molecule has 0 radical (unpaired) electrons. The lowest BCUT2D eigenvalue weighted by atomic mass is 9.98. The Kier molecular flexibility index (Phi) is 6.96. The third-order valence-corrected chi connectivity index (χ3v) is 6.15. The molecule has 0 aromatic heterocycles. The van der Waals surface area contributed by atoms with Gasteiger partial charge in [-0.25, -0.2) is 9.69 Å². The smallest absolute Gasteiger partial charge is 0.335 e. The molecule has 0 spiro atoms. The van der Waals surface area contributed by atoms with Crippen molar-refractivity contribution < 1.29 is 19.1 Å². The van der Waals surface area contributed by atoms with E-state index in [1.807, 2.05) is 13.8 Å². The highest BCUT2D eigenvalue weighted by Gasteiger charge is 2.36. The van der Waals surface area contributed by atoms with Crippen LogP contribution in [-0.4, -0.2) is 25.0 Å². The molecule has 8 heteroatoms. The van der Waals surface area contributed by atoms with Gasteiger partial charge in [-0.05, 0) is 67.4 Å². The van der Waals surface area contributed by atoms with Crippen molar-refractivity contribution in [1.82, 2.24) is 5.32 Å². The molecule has 178 valence electrons. The number of imide groups is 2. The maximum absolute atomic E-state index is 13.1. The van der Waals surface area contributed by atoms with E-state index in [1.54, 1.807) is 24.3 Å². The summed E-state index contributed by atoms with van der Waals surface area (Å²) in [6, 6.07) is 15.0. The Balaban J connectivity index is 1.70. The molecule has 1 fully saturated rings. The molecule has 1 aliphatic heterocycles. The van der Waals surface area contributed by atoms with Gasteiger partial charge in [0.05, 0.1) is 12.8 Å². The lowest BCUT2D eigenvalue weighted by molar-refractivity contribution is -0.122. The Hall–Kier alpha value is -3.61. The van der Waals surface area contributed by atoms with Crippen molar-refractivity contribution in [2.75, 3.05) is 12.0 Å². The van der Waals surface area contributed by atoms with Gasteiger partial charge in [-0.2, -0.15) is 0 Å². The van der Waals surface area contributed by atoms with Crippen molar-refractivity contribution in [1.29, 1.82) is 0 Å². The van der Waals surface area contributed by atoms with Gasteiger partial charge in [-0.3, -0.25) is 14.9 Å². The highest BCUT2D eigenvalue weighted by atomic mass is 35.5. The number of aryl methyl sites for hydroxylation is 2. The summed E-state index contributed by atoms with van der Waals surface area (Å²) in [5.74, 6) is -1.02. The molecule has 4 amide bonds. The average Bonchev–Trinajstić information content (AvgIpc) is 2.78. The second kappa shape index (κ2) is 9.94. The summed E-state index contributed by atoms with van der Waals surface area (Å²) in [6.45, 7) is 4.07. The van der Waals surface area contributed by atoms with Crippen LogP contribution in [0, 0.1) is 13.8 Å². The number of urea groups is 1. The molecule has 4 rings (SSSR count). The van der Waals surface area contributed by atoms with Gasteiger partial charge in [0.1, 0.15) is 11.3 Å². The molecule has 3 aromatic carbocycles. The Bertz CT molecular complexity index is 1360. The van der Waals surface area contributed by atoms with E-state index in [-0.39, 0.29) is 11.3 Å². The average molecular weight is 509 g/mol. The van der Waals surface area contributed by atoms with Crippen molar-refractivity contribution in [3.63, 3.8) is 0 Å². The van der Waals surface area contributed by atoms with Crippen LogP contribution in [0.3, 0.4) is 0 Å². The van der Waals surface area contributed by atoms with Gasteiger partial charge < -0.3 is 4.74 Å². The molecular weight excluding hydrogens is 487 g/mol. The van der Waals surface area contributed by atoms with E-state index in [9.17, 15) is 14.4 Å². The molecule has 1 N–H and O–H groups in total. The third-order valence-electron chi connectivity index (χ3n) is 5.56. The van der Waals surface area contributed by atoms with Crippen LogP contribution in [0.1, 0.15) is 27.8 Å². The Morgan fingerprint density at radius 2 is 1.60 bits per heavy atom. The van der Waals surface area contributed by atoms with E-state index in [1.165, 1.54) is 25.3 Å². The molecular formula is C27H22Cl2N2O4. The van der Waals surface area contributed by atoms with Gasteiger partial charge in [-0.1, -0.05) is 52.5 Å². The monoisotopic (exact) mass is 508 g/mol. The van der Waals surface area contributed by atoms with E-state index in [0.29, 0.717) is 27.8 Å². The molecule has 6 nitrogen and oxygen atoms in total. The van der Waals surface area contributed by atoms with Gasteiger partial charge in [0, 0.05) is 22.0 Å². The number of carbonyl (C=O) groups excluding carboxylic acids is 3. The van der Waals surface area contributed by atoms with Crippen LogP contribution in [0.2, 0.25) is 10.0 Å². The van der Waals surface area contributed by atoms with E-state index in [2.05, 4.69) is 23.5 Å². The Morgan fingerprint density at radius 1 is 0.943 bits per heavy atom. The molecule has 0 saturated carbocycles. The maximum atomic E-state index is 13.1. The lowest BCUT2D eigenvalue weighted by Crippen LogP contribution is -2.54. The van der Waals surface area contributed by atoms with Crippen molar-refractivity contribution in [2.45, 2.75) is 20.3 Å². The molecule has 0 bridgehead atoms. The number of anilines is 1. The maximum Gasteiger partial charge on any atom is 0.335 e. The first-order chi connectivity index (χ1) is 16.7. The number of methoxy groups -OCH3 is 1. The number of hydrogen-bond donors (Lipinski definition) is 1. The van der Waals surface area contributed by atoms with Gasteiger partial charge in [0.2, 0.25) is 0 Å². The second-order valence-electron chi connectivity index (χ2n) is 8.29. The Morgan fingerprint density at radius 3 is 2.23 bits per heavy atom. The second-order valence-corrected chi connectivity index (χ2v) is 9.13. The van der Waals surface area contributed by atoms with Gasteiger partial charge in [0.25, 0.3) is 11.8 Å². The normalized spacial score (nSPS) is 14.9. The summed E-state index contributed by atoms with van der Waals surface area (Å²) in [6.07, 6.45) is 1.95. The zero-order chi connectivity index (χ0) is 25.3. The van der Waals surface area contributed by atoms with Gasteiger partial charge in [-0.15, -0.1) is 0 Å². The van der Waals surface area contributed by atoms with Crippen molar-refractivity contribution in [2.24, 2.45) is 0 Å². The van der Waals surface area contributed by atoms with Crippen LogP contribution in [0.4, 0.5) is 10.5 Å². The zero-order valence-electron chi connectivity index (χ0n) is 19.3. The highest BCUT2D eigenvalue weighted by molar-refractivity contribution is 6.39. The van der Waals surface area contributed by atoms with Crippen molar-refractivity contribution >= 4 is 52.8 Å². The first-order valence-electron chi connectivity index (χ1n) is 10.8. The quantitative estimate of drug-likeness (QED) is 0.345. The molecule has 1 saturated heterocycles. The van der Waals surface area contributed by atoms with Crippen LogP contribution in [0.15, 0.2) is 60.2 Å². The van der Waals surface area contributed by atoms with E-state index < -0.39 is 17.8 Å². The summed E-state index contributed by atoms with van der Waals surface area (Å²) in [5.41, 5.74) is 4.75.